The minimum Gasteiger partial charge on any atom is -0.396 e. The van der Waals surface area contributed by atoms with Gasteiger partial charge < -0.3 is 21.7 Å². The third-order valence-electron chi connectivity index (χ3n) is 1.26. The summed E-state index contributed by atoms with van der Waals surface area (Å²) < 4.78 is 0. The van der Waals surface area contributed by atoms with Crippen molar-refractivity contribution in [3.63, 3.8) is 0 Å². The van der Waals surface area contributed by atoms with Gasteiger partial charge in [0.1, 0.15) is 0 Å². The molecule has 0 aromatic rings. The number of nitrogens with two attached hydrogens (primary N) is 2. The first-order valence-corrected chi connectivity index (χ1v) is 4.72. The maximum atomic E-state index is 9.47. The van der Waals surface area contributed by atoms with Crippen molar-refractivity contribution in [2.45, 2.75) is 13.8 Å². The minimum absolute atomic E-state index is 0.0451. The standard InChI is InChI=1S/C5H12O2.2C3H5NO/c1-5(2,3-6)4-7;2*1-2-3(4)5/h6-7H,3-4H2,1-2H3;2*2H,1H2,(H2,4,5). The number of rotatable bonds is 4. The largest absolute Gasteiger partial charge is 0.396 e. The Balaban J connectivity index is -0.000000177. The summed E-state index contributed by atoms with van der Waals surface area (Å²) in [6.07, 6.45) is 2.11. The minimum atomic E-state index is -0.481. The molecule has 0 aliphatic rings. The monoisotopic (exact) mass is 246 g/mol. The summed E-state index contributed by atoms with van der Waals surface area (Å²) in [6.45, 7) is 9.86. The third kappa shape index (κ3) is 31.4. The van der Waals surface area contributed by atoms with E-state index in [-0.39, 0.29) is 18.6 Å². The number of primary amides is 2. The SMILES string of the molecule is C=CC(N)=O.C=CC(N)=O.CC(C)(CO)CO. The lowest BCUT2D eigenvalue weighted by Gasteiger charge is -2.16. The second-order valence-corrected chi connectivity index (χ2v) is 3.69. The lowest BCUT2D eigenvalue weighted by atomic mass is 9.97. The molecule has 0 heterocycles. The molecule has 0 aliphatic heterocycles. The van der Waals surface area contributed by atoms with Crippen LogP contribution >= 0.6 is 0 Å². The lowest BCUT2D eigenvalue weighted by Crippen LogP contribution is -2.20. The molecule has 0 aromatic carbocycles. The summed E-state index contributed by atoms with van der Waals surface area (Å²) >= 11 is 0. The van der Waals surface area contributed by atoms with Crippen molar-refractivity contribution in [3.05, 3.63) is 25.3 Å². The fourth-order valence-electron chi connectivity index (χ4n) is 0.0500. The number of hydrogen-bond donors (Lipinski definition) is 4. The van der Waals surface area contributed by atoms with Crippen LogP contribution in [0, 0.1) is 5.41 Å². The van der Waals surface area contributed by atoms with Gasteiger partial charge in [-0.05, 0) is 12.2 Å². The van der Waals surface area contributed by atoms with Gasteiger partial charge in [0.2, 0.25) is 11.8 Å². The van der Waals surface area contributed by atoms with Gasteiger partial charge in [0, 0.05) is 5.41 Å². The molecule has 0 fully saturated rings. The molecular weight excluding hydrogens is 224 g/mol. The van der Waals surface area contributed by atoms with Crippen LogP contribution in [0.4, 0.5) is 0 Å². The normalized spacial score (nSPS) is 8.71. The van der Waals surface area contributed by atoms with E-state index in [1.54, 1.807) is 13.8 Å². The van der Waals surface area contributed by atoms with E-state index in [0.29, 0.717) is 0 Å². The maximum Gasteiger partial charge on any atom is 0.240 e. The van der Waals surface area contributed by atoms with Gasteiger partial charge in [-0.25, -0.2) is 0 Å². The molecule has 0 aromatic heterocycles. The number of aliphatic hydroxyl groups excluding tert-OH is 2. The van der Waals surface area contributed by atoms with Crippen LogP contribution in [0.25, 0.3) is 0 Å². The van der Waals surface area contributed by atoms with E-state index in [1.807, 2.05) is 0 Å². The van der Waals surface area contributed by atoms with Crippen molar-refractivity contribution >= 4 is 11.8 Å². The number of aliphatic hydroxyl groups is 2. The van der Waals surface area contributed by atoms with Crippen molar-refractivity contribution < 1.29 is 19.8 Å². The summed E-state index contributed by atoms with van der Waals surface area (Å²) in [5, 5.41) is 16.9. The van der Waals surface area contributed by atoms with Crippen LogP contribution in [0.15, 0.2) is 25.3 Å². The molecule has 0 aliphatic carbocycles. The molecule has 2 amide bonds. The first kappa shape index (κ1) is 20.7. The highest BCUT2D eigenvalue weighted by Gasteiger charge is 2.13. The van der Waals surface area contributed by atoms with Crippen molar-refractivity contribution in [3.8, 4) is 0 Å². The Morgan fingerprint density at radius 3 is 1.24 bits per heavy atom. The van der Waals surface area contributed by atoms with Gasteiger partial charge in [-0.15, -0.1) is 0 Å². The first-order valence-electron chi connectivity index (χ1n) is 4.72. The van der Waals surface area contributed by atoms with Crippen LogP contribution in [0.3, 0.4) is 0 Å². The zero-order valence-corrected chi connectivity index (χ0v) is 10.3. The Kier molecular flexibility index (Phi) is 15.1. The van der Waals surface area contributed by atoms with E-state index in [9.17, 15) is 9.59 Å². The van der Waals surface area contributed by atoms with Crippen LogP contribution in [0.5, 0.6) is 0 Å². The van der Waals surface area contributed by atoms with E-state index in [1.165, 1.54) is 0 Å². The molecule has 6 heteroatoms. The molecule has 0 saturated heterocycles. The number of hydrogen-bond acceptors (Lipinski definition) is 4. The number of carbonyl (C=O) groups is 2. The van der Waals surface area contributed by atoms with Crippen LogP contribution in [0.1, 0.15) is 13.8 Å². The molecule has 100 valence electrons. The Morgan fingerprint density at radius 2 is 1.24 bits per heavy atom. The summed E-state index contributed by atoms with van der Waals surface area (Å²) in [5.74, 6) is -0.963. The second-order valence-electron chi connectivity index (χ2n) is 3.69. The molecule has 0 rings (SSSR count). The average molecular weight is 246 g/mol. The predicted octanol–water partition coefficient (Wildman–Crippen LogP) is -0.687. The van der Waals surface area contributed by atoms with Gasteiger partial charge in [0.05, 0.1) is 13.2 Å². The van der Waals surface area contributed by atoms with Crippen LogP contribution < -0.4 is 11.5 Å². The van der Waals surface area contributed by atoms with E-state index in [0.717, 1.165) is 12.2 Å². The molecule has 0 saturated carbocycles. The van der Waals surface area contributed by atoms with Crippen molar-refractivity contribution in [1.29, 1.82) is 0 Å². The summed E-state index contributed by atoms with van der Waals surface area (Å²) in [7, 11) is 0. The van der Waals surface area contributed by atoms with E-state index in [4.69, 9.17) is 10.2 Å². The highest BCUT2D eigenvalue weighted by molar-refractivity contribution is 5.85. The molecule has 6 nitrogen and oxygen atoms in total. The average Bonchev–Trinajstić information content (AvgIpc) is 2.30. The van der Waals surface area contributed by atoms with Gasteiger partial charge in [-0.3, -0.25) is 9.59 Å². The summed E-state index contributed by atoms with van der Waals surface area (Å²) in [6, 6.07) is 0. The van der Waals surface area contributed by atoms with Gasteiger partial charge in [-0.2, -0.15) is 0 Å². The quantitative estimate of drug-likeness (QED) is 0.490. The lowest BCUT2D eigenvalue weighted by molar-refractivity contribution is -0.114. The molecule has 0 unspecified atom stereocenters. The predicted molar refractivity (Wildman–Crippen MR) is 66.7 cm³/mol. The van der Waals surface area contributed by atoms with E-state index >= 15 is 0 Å². The molecule has 6 N–H and O–H groups in total. The van der Waals surface area contributed by atoms with Crippen LogP contribution in [-0.2, 0) is 9.59 Å². The van der Waals surface area contributed by atoms with E-state index < -0.39 is 11.8 Å². The van der Waals surface area contributed by atoms with Crippen LogP contribution in [0.2, 0.25) is 0 Å². The molecule has 0 bridgehead atoms. The zero-order valence-electron chi connectivity index (χ0n) is 10.3. The van der Waals surface area contributed by atoms with Gasteiger partial charge >= 0.3 is 0 Å². The van der Waals surface area contributed by atoms with E-state index in [2.05, 4.69) is 24.6 Å². The van der Waals surface area contributed by atoms with Crippen molar-refractivity contribution in [2.24, 2.45) is 16.9 Å². The highest BCUT2D eigenvalue weighted by Crippen LogP contribution is 2.10. The topological polar surface area (TPSA) is 127 Å². The Morgan fingerprint density at radius 1 is 1.06 bits per heavy atom. The van der Waals surface area contributed by atoms with Gasteiger partial charge in [0.25, 0.3) is 0 Å². The first-order chi connectivity index (χ1) is 7.66. The fourth-order valence-corrected chi connectivity index (χ4v) is 0.0500. The maximum absolute atomic E-state index is 9.47. The number of amides is 2. The molecule has 17 heavy (non-hydrogen) atoms. The Labute approximate surface area is 102 Å². The van der Waals surface area contributed by atoms with Gasteiger partial charge in [-0.1, -0.05) is 27.0 Å². The van der Waals surface area contributed by atoms with Crippen molar-refractivity contribution in [1.82, 2.24) is 0 Å². The molecule has 0 radical (unpaired) electrons. The fraction of sp³-hybridized carbons (Fsp3) is 0.455. The molecule has 0 spiro atoms. The second kappa shape index (κ2) is 12.4. The smallest absolute Gasteiger partial charge is 0.240 e. The van der Waals surface area contributed by atoms with Crippen LogP contribution in [-0.4, -0.2) is 35.2 Å². The Hall–Kier alpha value is -1.66. The molecular formula is C11H22N2O4. The van der Waals surface area contributed by atoms with Gasteiger partial charge in [0.15, 0.2) is 0 Å². The van der Waals surface area contributed by atoms with Crippen molar-refractivity contribution in [2.75, 3.05) is 13.2 Å². The Bertz CT molecular complexity index is 226. The number of carbonyl (C=O) groups excluding carboxylic acids is 2. The summed E-state index contributed by atoms with van der Waals surface area (Å²) in [5.41, 5.74) is 8.76. The third-order valence-corrected chi connectivity index (χ3v) is 1.26. The zero-order chi connectivity index (χ0) is 14.5. The highest BCUT2D eigenvalue weighted by atomic mass is 16.3. The summed E-state index contributed by atoms with van der Waals surface area (Å²) in [4.78, 5) is 18.9. The molecule has 0 atom stereocenters.